The number of carbonyl (C=O) groups excluding carboxylic acids is 4. The molecule has 0 aliphatic heterocycles. The Balaban J connectivity index is 0.806. The van der Waals surface area contributed by atoms with E-state index in [0.29, 0.717) is 72.4 Å². The first-order chi connectivity index (χ1) is 35.1. The number of para-hydroxylation sites is 2. The second-order valence-electron chi connectivity index (χ2n) is 16.9. The summed E-state index contributed by atoms with van der Waals surface area (Å²) in [4.78, 5) is 88.1. The van der Waals surface area contributed by atoms with E-state index in [1.54, 1.807) is 80.7 Å². The fourth-order valence-corrected chi connectivity index (χ4v) is 8.71. The van der Waals surface area contributed by atoms with Crippen LogP contribution in [-0.2, 0) is 39.2 Å². The van der Waals surface area contributed by atoms with Crippen molar-refractivity contribution in [2.45, 2.75) is 45.8 Å². The van der Waals surface area contributed by atoms with E-state index in [9.17, 15) is 36.9 Å². The Morgan fingerprint density at radius 2 is 1.52 bits per heavy atom. The second kappa shape index (κ2) is 22.6. The summed E-state index contributed by atoms with van der Waals surface area (Å²) in [6.45, 7) is 4.45. The van der Waals surface area contributed by atoms with E-state index in [4.69, 9.17) is 15.2 Å². The molecule has 376 valence electrons. The van der Waals surface area contributed by atoms with Gasteiger partial charge in [0.05, 0.1) is 64.4 Å². The molecule has 0 saturated carbocycles. The Labute approximate surface area is 416 Å². The number of nitrogens with one attached hydrogen (secondary N) is 6. The maximum absolute atomic E-state index is 14.1. The Kier molecular flexibility index (Phi) is 15.7. The molecule has 1 atom stereocenters. The van der Waals surface area contributed by atoms with Crippen LogP contribution >= 0.6 is 0 Å². The van der Waals surface area contributed by atoms with Crippen molar-refractivity contribution in [2.24, 2.45) is 0 Å². The number of H-pyrrole nitrogens is 2. The molecule has 8 rings (SSSR count). The van der Waals surface area contributed by atoms with E-state index >= 15 is 0 Å². The van der Waals surface area contributed by atoms with Gasteiger partial charge in [-0.05, 0) is 73.5 Å². The molecule has 8 N–H and O–H groups in total. The number of fused-ring (bicyclic) bond motifs is 3. The first-order valence-corrected chi connectivity index (χ1v) is 24.6. The maximum Gasteiger partial charge on any atom is 0.345 e. The van der Waals surface area contributed by atoms with Crippen LogP contribution in [0.15, 0.2) is 108 Å². The van der Waals surface area contributed by atoms with Crippen LogP contribution in [0.2, 0.25) is 0 Å². The van der Waals surface area contributed by atoms with Crippen molar-refractivity contribution in [2.75, 3.05) is 43.1 Å². The SMILES string of the molecule is Cc1cc(C(=O)NCCOCCNC(=O)C(Cc2cnc[nH]2)NC(=O)c2ccc(NCc3cnc4nc(N)[nH]c(=O)c4n3)cc2)cc(C)c1OC(=O)c1c2ccccc2[n+](CCCS(=O)(=O)[O-])c2ccccc12. The number of rotatable bonds is 21. The van der Waals surface area contributed by atoms with Gasteiger partial charge in [-0.2, -0.15) is 9.55 Å². The summed E-state index contributed by atoms with van der Waals surface area (Å²) in [5, 5.41) is 12.7. The van der Waals surface area contributed by atoms with E-state index in [0.717, 1.165) is 0 Å². The number of hydrogen-bond acceptors (Lipinski definition) is 16. The van der Waals surface area contributed by atoms with Crippen LogP contribution in [0.4, 0.5) is 11.6 Å². The Morgan fingerprint density at radius 3 is 2.18 bits per heavy atom. The lowest BCUT2D eigenvalue weighted by Gasteiger charge is -2.18. The van der Waals surface area contributed by atoms with Gasteiger partial charge in [-0.1, -0.05) is 24.3 Å². The summed E-state index contributed by atoms with van der Waals surface area (Å²) in [6.07, 6.45) is 4.74. The average molecular weight is 1010 g/mol. The highest BCUT2D eigenvalue weighted by Crippen LogP contribution is 2.30. The Hall–Kier alpha value is -8.67. The number of carbonyl (C=O) groups is 4. The fraction of sp³-hybridized carbons (Fsp3) is 0.240. The zero-order valence-corrected chi connectivity index (χ0v) is 40.4. The van der Waals surface area contributed by atoms with Crippen LogP contribution in [0.5, 0.6) is 5.75 Å². The van der Waals surface area contributed by atoms with Crippen molar-refractivity contribution in [3.63, 3.8) is 0 Å². The second-order valence-corrected chi connectivity index (χ2v) is 18.4. The quantitative estimate of drug-likeness (QED) is 0.0136. The average Bonchev–Trinajstić information content (AvgIpc) is 3.89. The third-order valence-electron chi connectivity index (χ3n) is 11.6. The van der Waals surface area contributed by atoms with E-state index in [1.807, 2.05) is 28.8 Å². The molecule has 8 aromatic rings. The Morgan fingerprint density at radius 1 is 0.849 bits per heavy atom. The number of esters is 1. The highest BCUT2D eigenvalue weighted by Gasteiger charge is 2.27. The summed E-state index contributed by atoms with van der Waals surface area (Å²) in [5.74, 6) is -2.21. The van der Waals surface area contributed by atoms with Crippen molar-refractivity contribution in [1.82, 2.24) is 45.9 Å². The Bertz CT molecular complexity index is 3460. The number of nitrogens with two attached hydrogens (primary N) is 1. The van der Waals surface area contributed by atoms with Crippen LogP contribution in [-0.4, -0.2) is 105 Å². The smallest absolute Gasteiger partial charge is 0.345 e. The number of imidazole rings is 1. The van der Waals surface area contributed by atoms with E-state index in [2.05, 4.69) is 51.2 Å². The predicted molar refractivity (Wildman–Crippen MR) is 268 cm³/mol. The van der Waals surface area contributed by atoms with Crippen LogP contribution in [0.1, 0.15) is 60.0 Å². The van der Waals surface area contributed by atoms with Crippen LogP contribution in [0, 0.1) is 13.8 Å². The lowest BCUT2D eigenvalue weighted by atomic mass is 10.0. The van der Waals surface area contributed by atoms with Gasteiger partial charge in [-0.15, -0.1) is 0 Å². The van der Waals surface area contributed by atoms with Crippen molar-refractivity contribution < 1.29 is 46.2 Å². The third kappa shape index (κ3) is 12.6. The van der Waals surface area contributed by atoms with E-state index in [-0.39, 0.29) is 75.3 Å². The number of anilines is 2. The molecule has 0 bridgehead atoms. The number of nitrogens with zero attached hydrogens (tertiary/aromatic N) is 5. The monoisotopic (exact) mass is 1010 g/mol. The molecule has 1 unspecified atom stereocenters. The normalized spacial score (nSPS) is 11.9. The first-order valence-electron chi connectivity index (χ1n) is 23.0. The minimum absolute atomic E-state index is 0.0566. The van der Waals surface area contributed by atoms with Crippen molar-refractivity contribution in [3.05, 3.63) is 153 Å². The number of aromatic nitrogens is 7. The highest BCUT2D eigenvalue weighted by atomic mass is 32.2. The molecule has 0 fully saturated rings. The van der Waals surface area contributed by atoms with Crippen LogP contribution in [0.25, 0.3) is 33.0 Å². The molecule has 73 heavy (non-hydrogen) atoms. The lowest BCUT2D eigenvalue weighted by molar-refractivity contribution is -0.645. The number of aryl methyl sites for hydroxylation is 3. The molecule has 22 nitrogen and oxygen atoms in total. The van der Waals surface area contributed by atoms with Crippen molar-refractivity contribution >= 4 is 78.4 Å². The number of amides is 3. The lowest BCUT2D eigenvalue weighted by Crippen LogP contribution is -2.48. The molecular weight excluding hydrogens is 961 g/mol. The summed E-state index contributed by atoms with van der Waals surface area (Å²) in [7, 11) is -4.41. The number of ether oxygens (including phenoxy) is 2. The molecule has 4 aromatic carbocycles. The minimum atomic E-state index is -4.41. The highest BCUT2D eigenvalue weighted by molar-refractivity contribution is 7.85. The summed E-state index contributed by atoms with van der Waals surface area (Å²) >= 11 is 0. The number of aromatic amines is 2. The van der Waals surface area contributed by atoms with E-state index in [1.165, 1.54) is 12.5 Å². The van der Waals surface area contributed by atoms with E-state index < -0.39 is 45.3 Å². The zero-order valence-electron chi connectivity index (χ0n) is 39.6. The molecule has 0 aliphatic rings. The number of benzene rings is 4. The van der Waals surface area contributed by atoms with Gasteiger partial charge >= 0.3 is 5.97 Å². The largest absolute Gasteiger partial charge is 0.748 e. The molecule has 3 amide bonds. The molecule has 0 spiro atoms. The molecule has 0 aliphatic carbocycles. The van der Waals surface area contributed by atoms with Crippen molar-refractivity contribution in [1.29, 1.82) is 0 Å². The van der Waals surface area contributed by atoms with Gasteiger partial charge in [0.2, 0.25) is 22.9 Å². The summed E-state index contributed by atoms with van der Waals surface area (Å²) < 4.78 is 47.7. The van der Waals surface area contributed by atoms with Gasteiger partial charge in [0.15, 0.2) is 17.7 Å². The maximum atomic E-state index is 14.1. The fourth-order valence-electron chi connectivity index (χ4n) is 8.23. The molecular formula is C50H50N12O10S. The first kappa shape index (κ1) is 50.7. The predicted octanol–water partition coefficient (Wildman–Crippen LogP) is 2.90. The molecule has 0 radical (unpaired) electrons. The summed E-state index contributed by atoms with van der Waals surface area (Å²) in [5.41, 5.74) is 10.4. The number of nitrogen functional groups attached to an aromatic ring is 1. The van der Waals surface area contributed by atoms with Crippen LogP contribution < -0.4 is 41.9 Å². The number of pyridine rings is 1. The topological polar surface area (TPSA) is 322 Å². The standard InChI is InChI=1S/C50H50N12O10S/c1-29-22-32(23-30(2)43(29)72-49(67)41-36-8-3-5-10-39(36)62(18-7-21-73(68,69)70)40-11-6-4-9-37(40)41)45(63)53-16-19-71-20-17-54-47(65)38(24-34-25-52-28-57-34)59-46(64)31-12-14-33(15-13-31)55-26-35-27-56-44-42(58-35)48(66)61-50(51)60-44/h3-6,8-15,22-23,25,27-28,38H,7,16-21,24,26H2,1-2H3,(H8-,51,52,53,54,55,56,57,59,60,61,63,64,65,66,68,69,70). The molecule has 4 heterocycles. The summed E-state index contributed by atoms with van der Waals surface area (Å²) in [6, 6.07) is 23.3. The number of hydrogen-bond donors (Lipinski definition) is 7. The van der Waals surface area contributed by atoms with Gasteiger partial charge in [-0.3, -0.25) is 24.2 Å². The van der Waals surface area contributed by atoms with Gasteiger partial charge < -0.3 is 46.0 Å². The molecule has 0 saturated heterocycles. The molecule has 23 heteroatoms. The van der Waals surface area contributed by atoms with Gasteiger partial charge in [-0.25, -0.2) is 28.2 Å². The van der Waals surface area contributed by atoms with Crippen LogP contribution in [0.3, 0.4) is 0 Å². The third-order valence-corrected chi connectivity index (χ3v) is 12.4. The minimum Gasteiger partial charge on any atom is -0.748 e. The van der Waals surface area contributed by atoms with Crippen molar-refractivity contribution in [3.8, 4) is 5.75 Å². The van der Waals surface area contributed by atoms with Gasteiger partial charge in [0.25, 0.3) is 17.4 Å². The van der Waals surface area contributed by atoms with Gasteiger partial charge in [0, 0.05) is 72.5 Å². The van der Waals surface area contributed by atoms with Gasteiger partial charge in [0.1, 0.15) is 11.8 Å². The zero-order chi connectivity index (χ0) is 51.6. The molecule has 4 aromatic heterocycles.